The molecule has 3 aromatic heterocycles. The second-order valence-electron chi connectivity index (χ2n) is 12.5. The zero-order valence-electron chi connectivity index (χ0n) is 24.5. The van der Waals surface area contributed by atoms with Crippen LogP contribution in [0.2, 0.25) is 0 Å². The van der Waals surface area contributed by atoms with Gasteiger partial charge in [0.25, 0.3) is 0 Å². The first-order valence-corrected chi connectivity index (χ1v) is 15.3. The summed E-state index contributed by atoms with van der Waals surface area (Å²) in [6.45, 7) is 4.70. The minimum atomic E-state index is -0.0531. The summed E-state index contributed by atoms with van der Waals surface area (Å²) in [4.78, 5) is 5.12. The van der Waals surface area contributed by atoms with Crippen molar-refractivity contribution in [1.29, 1.82) is 0 Å². The highest BCUT2D eigenvalue weighted by molar-refractivity contribution is 6.11. The third-order valence-electron chi connectivity index (χ3n) is 9.85. The molecule has 3 heterocycles. The van der Waals surface area contributed by atoms with Crippen molar-refractivity contribution in [3.8, 4) is 22.5 Å². The van der Waals surface area contributed by atoms with Crippen LogP contribution in [0.25, 0.3) is 72.2 Å². The Morgan fingerprint density at radius 1 is 0.523 bits per heavy atom. The van der Waals surface area contributed by atoms with Crippen molar-refractivity contribution in [2.24, 2.45) is 0 Å². The molecule has 0 unspecified atom stereocenters. The van der Waals surface area contributed by atoms with Crippen LogP contribution in [-0.2, 0) is 5.41 Å². The van der Waals surface area contributed by atoms with E-state index in [1.54, 1.807) is 0 Å². The summed E-state index contributed by atoms with van der Waals surface area (Å²) in [7, 11) is 0. The molecule has 0 radical (unpaired) electrons. The topological polar surface area (TPSA) is 27.2 Å². The van der Waals surface area contributed by atoms with Gasteiger partial charge in [0, 0.05) is 27.4 Å². The maximum Gasteiger partial charge on any atom is 0.220 e. The van der Waals surface area contributed by atoms with E-state index in [-0.39, 0.29) is 5.41 Å². The van der Waals surface area contributed by atoms with Crippen LogP contribution >= 0.6 is 0 Å². The SMILES string of the molecule is CC1(C)c2ccccc2-c2c(-n3c4ccccc4c4cc(-n5c6ccccc6n6c7ccccc7nc56)ccc43)cccc21. The molecule has 0 bridgehead atoms. The van der Waals surface area contributed by atoms with E-state index in [0.29, 0.717) is 0 Å². The summed E-state index contributed by atoms with van der Waals surface area (Å²) in [5.74, 6) is 0.926. The molecule has 4 nitrogen and oxygen atoms in total. The predicted molar refractivity (Wildman–Crippen MR) is 181 cm³/mol. The first kappa shape index (κ1) is 23.9. The van der Waals surface area contributed by atoms with Gasteiger partial charge in [0.2, 0.25) is 5.78 Å². The first-order chi connectivity index (χ1) is 21.6. The van der Waals surface area contributed by atoms with Gasteiger partial charge in [-0.05, 0) is 71.3 Å². The van der Waals surface area contributed by atoms with Gasteiger partial charge in [-0.15, -0.1) is 0 Å². The fraction of sp³-hybridized carbons (Fsp3) is 0.0750. The number of aromatic nitrogens is 4. The lowest BCUT2D eigenvalue weighted by Gasteiger charge is -2.21. The molecule has 1 aliphatic rings. The van der Waals surface area contributed by atoms with Crippen LogP contribution in [0, 0.1) is 0 Å². The van der Waals surface area contributed by atoms with Gasteiger partial charge in [0.05, 0.1) is 38.8 Å². The van der Waals surface area contributed by atoms with Gasteiger partial charge in [-0.2, -0.15) is 0 Å². The minimum absolute atomic E-state index is 0.0531. The summed E-state index contributed by atoms with van der Waals surface area (Å²) in [6.07, 6.45) is 0. The predicted octanol–water partition coefficient (Wildman–Crippen LogP) is 9.83. The van der Waals surface area contributed by atoms with Gasteiger partial charge in [-0.1, -0.05) is 92.7 Å². The maximum atomic E-state index is 5.12. The number of fused-ring (bicyclic) bond motifs is 11. The molecule has 44 heavy (non-hydrogen) atoms. The highest BCUT2D eigenvalue weighted by Crippen LogP contribution is 2.51. The second-order valence-corrected chi connectivity index (χ2v) is 12.5. The molecule has 0 saturated heterocycles. The third-order valence-corrected chi connectivity index (χ3v) is 9.85. The van der Waals surface area contributed by atoms with E-state index in [9.17, 15) is 0 Å². The Labute approximate surface area is 254 Å². The van der Waals surface area contributed by atoms with Crippen LogP contribution in [0.5, 0.6) is 0 Å². The van der Waals surface area contributed by atoms with Gasteiger partial charge in [-0.25, -0.2) is 4.98 Å². The van der Waals surface area contributed by atoms with Gasteiger partial charge < -0.3 is 4.57 Å². The van der Waals surface area contributed by atoms with E-state index in [1.807, 2.05) is 0 Å². The standard InChI is InChI=1S/C40H28N4/c1-40(2)29-14-5-3-13-27(29)38-30(40)15-11-21-37(38)43-32-17-7-4-12-26(32)28-24-25(22-23-33(28)43)42-35-19-9-10-20-36(35)44-34-18-8-6-16-31(34)41-39(42)44/h3-24H,1-2H3. The minimum Gasteiger partial charge on any atom is -0.309 e. The molecule has 1 aliphatic carbocycles. The van der Waals surface area contributed by atoms with Crippen molar-refractivity contribution >= 4 is 49.7 Å². The van der Waals surface area contributed by atoms with E-state index in [2.05, 4.69) is 161 Å². The lowest BCUT2D eigenvalue weighted by atomic mass is 9.82. The zero-order valence-corrected chi connectivity index (χ0v) is 24.5. The van der Waals surface area contributed by atoms with Crippen LogP contribution < -0.4 is 0 Å². The Morgan fingerprint density at radius 3 is 2.09 bits per heavy atom. The molecule has 10 rings (SSSR count). The molecule has 0 aliphatic heterocycles. The fourth-order valence-electron chi connectivity index (χ4n) is 7.89. The average molecular weight is 565 g/mol. The van der Waals surface area contributed by atoms with Gasteiger partial charge in [0.15, 0.2) is 0 Å². The van der Waals surface area contributed by atoms with E-state index in [0.717, 1.165) is 33.5 Å². The Balaban J connectivity index is 1.29. The Hall–Kier alpha value is -5.61. The number of benzene rings is 6. The third kappa shape index (κ3) is 2.90. The number of imidazole rings is 2. The molecule has 6 aromatic carbocycles. The normalized spacial score (nSPS) is 13.9. The lowest BCUT2D eigenvalue weighted by Crippen LogP contribution is -2.14. The summed E-state index contributed by atoms with van der Waals surface area (Å²) in [6, 6.07) is 48.4. The summed E-state index contributed by atoms with van der Waals surface area (Å²) < 4.78 is 7.06. The quantitative estimate of drug-likeness (QED) is 0.205. The molecular weight excluding hydrogens is 536 g/mol. The monoisotopic (exact) mass is 564 g/mol. The summed E-state index contributed by atoms with van der Waals surface area (Å²) in [5, 5.41) is 2.47. The Bertz CT molecular complexity index is 2640. The van der Waals surface area contributed by atoms with Crippen molar-refractivity contribution < 1.29 is 0 Å². The summed E-state index contributed by atoms with van der Waals surface area (Å²) >= 11 is 0. The smallest absolute Gasteiger partial charge is 0.220 e. The van der Waals surface area contributed by atoms with Crippen molar-refractivity contribution in [2.75, 3.05) is 0 Å². The molecule has 9 aromatic rings. The molecule has 0 saturated carbocycles. The van der Waals surface area contributed by atoms with E-state index >= 15 is 0 Å². The van der Waals surface area contributed by atoms with Crippen molar-refractivity contribution in [1.82, 2.24) is 18.5 Å². The molecule has 4 heteroatoms. The molecule has 0 atom stereocenters. The van der Waals surface area contributed by atoms with Crippen molar-refractivity contribution in [3.63, 3.8) is 0 Å². The second kappa shape index (κ2) is 8.27. The van der Waals surface area contributed by atoms with Gasteiger partial charge in [-0.3, -0.25) is 8.97 Å². The maximum absolute atomic E-state index is 5.12. The first-order valence-electron chi connectivity index (χ1n) is 15.3. The van der Waals surface area contributed by atoms with Crippen molar-refractivity contribution in [3.05, 3.63) is 145 Å². The number of hydrogen-bond donors (Lipinski definition) is 0. The Kier molecular flexibility index (Phi) is 4.49. The number of para-hydroxylation sites is 5. The largest absolute Gasteiger partial charge is 0.309 e. The molecule has 0 spiro atoms. The van der Waals surface area contributed by atoms with Gasteiger partial charge in [0.1, 0.15) is 0 Å². The average Bonchev–Trinajstić information content (AvgIpc) is 3.76. The molecule has 0 N–H and O–H groups in total. The Morgan fingerprint density at radius 2 is 1.20 bits per heavy atom. The number of hydrogen-bond acceptors (Lipinski definition) is 1. The van der Waals surface area contributed by atoms with Crippen LogP contribution in [0.3, 0.4) is 0 Å². The number of rotatable bonds is 2. The van der Waals surface area contributed by atoms with Crippen LogP contribution in [-0.4, -0.2) is 18.5 Å². The molecule has 0 amide bonds. The fourth-order valence-corrected chi connectivity index (χ4v) is 7.89. The van der Waals surface area contributed by atoms with Crippen LogP contribution in [0.1, 0.15) is 25.0 Å². The van der Waals surface area contributed by atoms with E-state index in [4.69, 9.17) is 4.98 Å². The van der Waals surface area contributed by atoms with E-state index < -0.39 is 0 Å². The van der Waals surface area contributed by atoms with Crippen molar-refractivity contribution in [2.45, 2.75) is 19.3 Å². The zero-order chi connectivity index (χ0) is 29.2. The molecule has 0 fully saturated rings. The van der Waals surface area contributed by atoms with Crippen LogP contribution in [0.15, 0.2) is 133 Å². The highest BCUT2D eigenvalue weighted by Gasteiger charge is 2.37. The van der Waals surface area contributed by atoms with Gasteiger partial charge >= 0.3 is 0 Å². The molecular formula is C40H28N4. The summed E-state index contributed by atoms with van der Waals surface area (Å²) in [5.41, 5.74) is 14.5. The van der Waals surface area contributed by atoms with E-state index in [1.165, 1.54) is 49.7 Å². The highest BCUT2D eigenvalue weighted by atomic mass is 15.2. The lowest BCUT2D eigenvalue weighted by molar-refractivity contribution is 0.660. The molecule has 208 valence electrons. The number of nitrogens with zero attached hydrogens (tertiary/aromatic N) is 4. The van der Waals surface area contributed by atoms with Crippen LogP contribution in [0.4, 0.5) is 0 Å².